The molecule has 3 nitrogen and oxygen atoms in total. The van der Waals surface area contributed by atoms with Gasteiger partial charge in [-0.25, -0.2) is 4.98 Å². The Kier molecular flexibility index (Phi) is 4.01. The van der Waals surface area contributed by atoms with Crippen molar-refractivity contribution in [2.45, 2.75) is 36.1 Å². The normalized spacial score (nSPS) is 11.1. The summed E-state index contributed by atoms with van der Waals surface area (Å²) in [5.74, 6) is 0. The van der Waals surface area contributed by atoms with Crippen molar-refractivity contribution in [2.75, 3.05) is 5.73 Å². The number of nitrogens with zero attached hydrogens (tertiary/aromatic N) is 2. The van der Waals surface area contributed by atoms with Crippen LogP contribution in [0, 0.1) is 11.3 Å². The summed E-state index contributed by atoms with van der Waals surface area (Å²) in [6, 6.07) is 14.0. The van der Waals surface area contributed by atoms with Gasteiger partial charge in [0, 0.05) is 4.90 Å². The number of nitriles is 1. The Morgan fingerprint density at radius 1 is 1.10 bits per heavy atom. The first kappa shape index (κ1) is 14.4. The summed E-state index contributed by atoms with van der Waals surface area (Å²) >= 11 is 1.53. The summed E-state index contributed by atoms with van der Waals surface area (Å²) in [4.78, 5) is 5.33. The third kappa shape index (κ3) is 3.31. The minimum Gasteiger partial charge on any atom is -0.396 e. The Labute approximate surface area is 123 Å². The Morgan fingerprint density at radius 3 is 2.30 bits per heavy atom. The molecule has 0 amide bonds. The number of nitrogen functional groups attached to an aromatic ring is 1. The number of benzene rings is 1. The fraction of sp³-hybridized carbons (Fsp3) is 0.250. The van der Waals surface area contributed by atoms with Gasteiger partial charge in [-0.3, -0.25) is 0 Å². The predicted molar refractivity (Wildman–Crippen MR) is 82.6 cm³/mol. The zero-order valence-electron chi connectivity index (χ0n) is 11.8. The van der Waals surface area contributed by atoms with E-state index in [1.807, 2.05) is 12.1 Å². The minimum atomic E-state index is 0.149. The van der Waals surface area contributed by atoms with Crippen molar-refractivity contribution in [3.63, 3.8) is 0 Å². The standard InChI is InChI=1S/C16H17N3S/c1-16(2,3)11-4-6-12(7-5-11)20-15-9-8-13(18)14(10-17)19-15/h4-9H,18H2,1-3H3. The number of anilines is 1. The lowest BCUT2D eigenvalue weighted by atomic mass is 9.87. The monoisotopic (exact) mass is 283 g/mol. The molecule has 0 saturated carbocycles. The number of pyridine rings is 1. The molecule has 0 atom stereocenters. The van der Waals surface area contributed by atoms with E-state index in [4.69, 9.17) is 11.0 Å². The molecule has 1 aromatic heterocycles. The molecule has 20 heavy (non-hydrogen) atoms. The SMILES string of the molecule is CC(C)(C)c1ccc(Sc2ccc(N)c(C#N)n2)cc1. The molecule has 1 aromatic carbocycles. The highest BCUT2D eigenvalue weighted by Gasteiger charge is 2.13. The summed E-state index contributed by atoms with van der Waals surface area (Å²) in [6.45, 7) is 6.57. The minimum absolute atomic E-state index is 0.149. The molecule has 102 valence electrons. The van der Waals surface area contributed by atoms with Crippen molar-refractivity contribution >= 4 is 17.4 Å². The third-order valence-corrected chi connectivity index (χ3v) is 3.89. The van der Waals surface area contributed by atoms with E-state index in [-0.39, 0.29) is 11.1 Å². The summed E-state index contributed by atoms with van der Waals surface area (Å²) in [6.07, 6.45) is 0. The van der Waals surface area contributed by atoms with Crippen LogP contribution in [0.4, 0.5) is 5.69 Å². The fourth-order valence-electron chi connectivity index (χ4n) is 1.74. The lowest BCUT2D eigenvalue weighted by Crippen LogP contribution is -2.10. The first-order valence-electron chi connectivity index (χ1n) is 6.35. The van der Waals surface area contributed by atoms with Crippen LogP contribution in [0.25, 0.3) is 0 Å². The summed E-state index contributed by atoms with van der Waals surface area (Å²) in [5, 5.41) is 9.71. The quantitative estimate of drug-likeness (QED) is 0.905. The summed E-state index contributed by atoms with van der Waals surface area (Å²) < 4.78 is 0. The van der Waals surface area contributed by atoms with Crippen LogP contribution in [0.2, 0.25) is 0 Å². The molecule has 0 aliphatic rings. The molecule has 0 radical (unpaired) electrons. The van der Waals surface area contributed by atoms with Gasteiger partial charge in [-0.2, -0.15) is 5.26 Å². The van der Waals surface area contributed by atoms with Gasteiger partial charge in [-0.15, -0.1) is 0 Å². The van der Waals surface area contributed by atoms with E-state index in [2.05, 4.69) is 50.0 Å². The van der Waals surface area contributed by atoms with Gasteiger partial charge in [0.2, 0.25) is 0 Å². The van der Waals surface area contributed by atoms with Crippen molar-refractivity contribution in [3.8, 4) is 6.07 Å². The molecule has 0 aliphatic heterocycles. The zero-order valence-corrected chi connectivity index (χ0v) is 12.7. The van der Waals surface area contributed by atoms with Crippen molar-refractivity contribution in [2.24, 2.45) is 0 Å². The average Bonchev–Trinajstić information content (AvgIpc) is 2.40. The largest absolute Gasteiger partial charge is 0.396 e. The Hall–Kier alpha value is -1.99. The third-order valence-electron chi connectivity index (χ3n) is 2.95. The number of nitrogens with two attached hydrogens (primary N) is 1. The molecule has 2 rings (SSSR count). The second-order valence-corrected chi connectivity index (χ2v) is 6.67. The molecule has 0 unspecified atom stereocenters. The van der Waals surface area contributed by atoms with Crippen LogP contribution in [0.5, 0.6) is 0 Å². The average molecular weight is 283 g/mol. The molecule has 4 heteroatoms. The maximum Gasteiger partial charge on any atom is 0.164 e. The van der Waals surface area contributed by atoms with Gasteiger partial charge in [-0.05, 0) is 35.2 Å². The summed E-state index contributed by atoms with van der Waals surface area (Å²) in [7, 11) is 0. The molecular weight excluding hydrogens is 266 g/mol. The number of hydrogen-bond donors (Lipinski definition) is 1. The topological polar surface area (TPSA) is 62.7 Å². The molecule has 0 saturated heterocycles. The van der Waals surface area contributed by atoms with Gasteiger partial charge in [0.15, 0.2) is 5.69 Å². The lowest BCUT2D eigenvalue weighted by molar-refractivity contribution is 0.590. The Bertz CT molecular complexity index is 649. The Balaban J connectivity index is 2.21. The first-order chi connectivity index (χ1) is 9.40. The number of hydrogen-bond acceptors (Lipinski definition) is 4. The van der Waals surface area contributed by atoms with Crippen molar-refractivity contribution in [3.05, 3.63) is 47.7 Å². The predicted octanol–water partition coefficient (Wildman–Crippen LogP) is 3.98. The Morgan fingerprint density at radius 2 is 1.75 bits per heavy atom. The highest BCUT2D eigenvalue weighted by atomic mass is 32.2. The van der Waals surface area contributed by atoms with E-state index in [9.17, 15) is 0 Å². The van der Waals surface area contributed by atoms with E-state index in [0.717, 1.165) is 9.92 Å². The van der Waals surface area contributed by atoms with Gasteiger partial charge in [0.05, 0.1) is 5.69 Å². The number of aromatic nitrogens is 1. The van der Waals surface area contributed by atoms with Crippen LogP contribution in [-0.4, -0.2) is 4.98 Å². The molecule has 0 fully saturated rings. The molecule has 0 spiro atoms. The van der Waals surface area contributed by atoms with E-state index in [1.165, 1.54) is 17.3 Å². The lowest BCUT2D eigenvalue weighted by Gasteiger charge is -2.19. The smallest absolute Gasteiger partial charge is 0.164 e. The summed E-state index contributed by atoms with van der Waals surface area (Å²) in [5.41, 5.74) is 7.81. The zero-order chi connectivity index (χ0) is 14.8. The van der Waals surface area contributed by atoms with Crippen LogP contribution in [0.15, 0.2) is 46.3 Å². The molecular formula is C16H17N3S. The maximum absolute atomic E-state index is 8.93. The second-order valence-electron chi connectivity index (χ2n) is 5.58. The van der Waals surface area contributed by atoms with Crippen molar-refractivity contribution in [1.82, 2.24) is 4.98 Å². The van der Waals surface area contributed by atoms with Crippen LogP contribution in [-0.2, 0) is 5.41 Å². The number of rotatable bonds is 2. The van der Waals surface area contributed by atoms with Gasteiger partial charge in [-0.1, -0.05) is 44.7 Å². The van der Waals surface area contributed by atoms with E-state index in [1.54, 1.807) is 6.07 Å². The fourth-order valence-corrected chi connectivity index (χ4v) is 2.53. The molecule has 1 heterocycles. The van der Waals surface area contributed by atoms with E-state index in [0.29, 0.717) is 5.69 Å². The molecule has 0 bridgehead atoms. The molecule has 0 aliphatic carbocycles. The van der Waals surface area contributed by atoms with E-state index >= 15 is 0 Å². The van der Waals surface area contributed by atoms with Crippen molar-refractivity contribution in [1.29, 1.82) is 5.26 Å². The second kappa shape index (κ2) is 5.56. The highest BCUT2D eigenvalue weighted by molar-refractivity contribution is 7.99. The van der Waals surface area contributed by atoms with Crippen LogP contribution in [0.3, 0.4) is 0 Å². The van der Waals surface area contributed by atoms with Gasteiger partial charge in [0.25, 0.3) is 0 Å². The van der Waals surface area contributed by atoms with Crippen molar-refractivity contribution < 1.29 is 0 Å². The molecule has 2 aromatic rings. The van der Waals surface area contributed by atoms with Gasteiger partial charge < -0.3 is 5.73 Å². The maximum atomic E-state index is 8.93. The molecule has 2 N–H and O–H groups in total. The first-order valence-corrected chi connectivity index (χ1v) is 7.17. The van der Waals surface area contributed by atoms with Crippen LogP contribution >= 0.6 is 11.8 Å². The highest BCUT2D eigenvalue weighted by Crippen LogP contribution is 2.30. The van der Waals surface area contributed by atoms with E-state index < -0.39 is 0 Å². The van der Waals surface area contributed by atoms with Gasteiger partial charge >= 0.3 is 0 Å². The van der Waals surface area contributed by atoms with Gasteiger partial charge in [0.1, 0.15) is 11.1 Å². The van der Waals surface area contributed by atoms with Crippen LogP contribution < -0.4 is 5.73 Å². The van der Waals surface area contributed by atoms with Crippen LogP contribution in [0.1, 0.15) is 32.0 Å².